The van der Waals surface area contributed by atoms with Gasteiger partial charge in [0.2, 0.25) is 0 Å². The Kier molecular flexibility index (Phi) is 4.49. The first kappa shape index (κ1) is 17.1. The highest BCUT2D eigenvalue weighted by Gasteiger charge is 2.48. The van der Waals surface area contributed by atoms with Gasteiger partial charge >= 0.3 is 5.97 Å². The number of carboxylic acid groups (broad SMARTS) is 1. The predicted octanol–water partition coefficient (Wildman–Crippen LogP) is 4.63. The highest BCUT2D eigenvalue weighted by atomic mass is 79.9. The first-order valence-electron chi connectivity index (χ1n) is 7.38. The van der Waals surface area contributed by atoms with Gasteiger partial charge in [0.25, 0.3) is 0 Å². The van der Waals surface area contributed by atoms with Crippen LogP contribution in [0.15, 0.2) is 10.5 Å². The lowest BCUT2D eigenvalue weighted by Crippen LogP contribution is -2.34. The summed E-state index contributed by atoms with van der Waals surface area (Å²) in [6, 6.07) is 1.74. The Morgan fingerprint density at radius 3 is 2.18 bits per heavy atom. The third-order valence-corrected chi connectivity index (χ3v) is 6.17. The SMILES string of the molecule is COc1c([C@@]2(C)CCCC2(C)C)cc(C(=O)O)c(Br)c1OC. The molecule has 0 spiro atoms. The van der Waals surface area contributed by atoms with Crippen molar-refractivity contribution in [1.29, 1.82) is 0 Å². The minimum atomic E-state index is -0.978. The summed E-state index contributed by atoms with van der Waals surface area (Å²) in [5.74, 6) is 0.0895. The highest BCUT2D eigenvalue weighted by molar-refractivity contribution is 9.10. The molecule has 1 aromatic rings. The topological polar surface area (TPSA) is 55.8 Å². The molecule has 1 N–H and O–H groups in total. The number of ether oxygens (including phenoxy) is 2. The van der Waals surface area contributed by atoms with E-state index >= 15 is 0 Å². The van der Waals surface area contributed by atoms with E-state index in [1.165, 1.54) is 7.11 Å². The highest BCUT2D eigenvalue weighted by Crippen LogP contribution is 2.58. The Hall–Kier alpha value is -1.23. The van der Waals surface area contributed by atoms with Gasteiger partial charge in [-0.1, -0.05) is 27.2 Å². The number of methoxy groups -OCH3 is 2. The number of benzene rings is 1. The van der Waals surface area contributed by atoms with Gasteiger partial charge in [-0.25, -0.2) is 4.79 Å². The Labute approximate surface area is 139 Å². The van der Waals surface area contributed by atoms with E-state index < -0.39 is 5.97 Å². The van der Waals surface area contributed by atoms with Gasteiger partial charge in [0.05, 0.1) is 24.3 Å². The molecular weight excluding hydrogens is 348 g/mol. The molecule has 4 nitrogen and oxygen atoms in total. The average Bonchev–Trinajstić information content (AvgIpc) is 2.72. The van der Waals surface area contributed by atoms with Gasteiger partial charge in [0.1, 0.15) is 0 Å². The maximum Gasteiger partial charge on any atom is 0.336 e. The van der Waals surface area contributed by atoms with Gasteiger partial charge in [-0.2, -0.15) is 0 Å². The summed E-state index contributed by atoms with van der Waals surface area (Å²) in [6.45, 7) is 6.65. The van der Waals surface area contributed by atoms with Crippen molar-refractivity contribution in [1.82, 2.24) is 0 Å². The van der Waals surface area contributed by atoms with Crippen LogP contribution in [0.5, 0.6) is 11.5 Å². The summed E-state index contributed by atoms with van der Waals surface area (Å²) in [4.78, 5) is 11.6. The number of hydrogen-bond donors (Lipinski definition) is 1. The van der Waals surface area contributed by atoms with Crippen molar-refractivity contribution >= 4 is 21.9 Å². The molecule has 0 heterocycles. The van der Waals surface area contributed by atoms with E-state index in [9.17, 15) is 9.90 Å². The number of aromatic carboxylic acids is 1. The molecule has 1 aromatic carbocycles. The molecule has 5 heteroatoms. The predicted molar refractivity (Wildman–Crippen MR) is 89.2 cm³/mol. The molecule has 0 bridgehead atoms. The monoisotopic (exact) mass is 370 g/mol. The molecule has 0 amide bonds. The van der Waals surface area contributed by atoms with Gasteiger partial charge in [0.15, 0.2) is 11.5 Å². The second kappa shape index (κ2) is 5.76. The van der Waals surface area contributed by atoms with Crippen molar-refractivity contribution in [2.24, 2.45) is 5.41 Å². The van der Waals surface area contributed by atoms with Crippen LogP contribution < -0.4 is 9.47 Å². The maximum absolute atomic E-state index is 11.6. The van der Waals surface area contributed by atoms with Gasteiger partial charge in [-0.15, -0.1) is 0 Å². The zero-order valence-corrected chi connectivity index (χ0v) is 15.3. The number of halogens is 1. The third kappa shape index (κ3) is 2.39. The lowest BCUT2D eigenvalue weighted by molar-refractivity contribution is 0.0694. The fourth-order valence-corrected chi connectivity index (χ4v) is 4.19. The summed E-state index contributed by atoms with van der Waals surface area (Å²) >= 11 is 3.34. The van der Waals surface area contributed by atoms with E-state index in [1.807, 2.05) is 0 Å². The van der Waals surface area contributed by atoms with Crippen LogP contribution in [0.25, 0.3) is 0 Å². The minimum absolute atomic E-state index is 0.0644. The second-order valence-corrected chi connectivity index (χ2v) is 7.52. The van der Waals surface area contributed by atoms with E-state index in [4.69, 9.17) is 9.47 Å². The summed E-state index contributed by atoms with van der Waals surface area (Å²) in [7, 11) is 3.12. The van der Waals surface area contributed by atoms with Gasteiger partial charge in [-0.3, -0.25) is 0 Å². The summed E-state index contributed by atoms with van der Waals surface area (Å²) in [5, 5.41) is 9.50. The van der Waals surface area contributed by atoms with E-state index in [1.54, 1.807) is 13.2 Å². The quantitative estimate of drug-likeness (QED) is 0.838. The molecule has 1 aliphatic carbocycles. The number of rotatable bonds is 4. The Morgan fingerprint density at radius 2 is 1.77 bits per heavy atom. The molecule has 0 unspecified atom stereocenters. The Bertz CT molecular complexity index is 609. The summed E-state index contributed by atoms with van der Waals surface area (Å²) in [6.07, 6.45) is 3.22. The largest absolute Gasteiger partial charge is 0.493 e. The fraction of sp³-hybridized carbons (Fsp3) is 0.588. The smallest absolute Gasteiger partial charge is 0.336 e. The molecule has 1 atom stereocenters. The van der Waals surface area contributed by atoms with Gasteiger partial charge in [-0.05, 0) is 40.3 Å². The van der Waals surface area contributed by atoms with Crippen molar-refractivity contribution in [2.45, 2.75) is 45.4 Å². The molecule has 22 heavy (non-hydrogen) atoms. The van der Waals surface area contributed by atoms with Crippen LogP contribution in [-0.4, -0.2) is 25.3 Å². The summed E-state index contributed by atoms with van der Waals surface area (Å²) in [5.41, 5.74) is 1.03. The standard InChI is InChI=1S/C17H23BrO4/c1-16(2)7-6-8-17(16,3)11-9-10(15(19)20)12(18)14(22-5)13(11)21-4/h9H,6-8H2,1-5H3,(H,19,20)/t17-/m1/s1. The minimum Gasteiger partial charge on any atom is -0.493 e. The average molecular weight is 371 g/mol. The van der Waals surface area contributed by atoms with Crippen molar-refractivity contribution < 1.29 is 19.4 Å². The molecule has 0 aliphatic heterocycles. The van der Waals surface area contributed by atoms with Crippen LogP contribution in [0, 0.1) is 5.41 Å². The van der Waals surface area contributed by atoms with Crippen LogP contribution >= 0.6 is 15.9 Å². The zero-order valence-electron chi connectivity index (χ0n) is 13.7. The first-order chi connectivity index (χ1) is 10.2. The molecule has 122 valence electrons. The molecule has 1 aliphatic rings. The number of hydrogen-bond acceptors (Lipinski definition) is 3. The second-order valence-electron chi connectivity index (χ2n) is 6.73. The summed E-state index contributed by atoms with van der Waals surface area (Å²) < 4.78 is 11.5. The normalized spacial score (nSPS) is 23.4. The lowest BCUT2D eigenvalue weighted by atomic mass is 9.65. The number of carbonyl (C=O) groups is 1. The molecule has 1 saturated carbocycles. The zero-order chi connectivity index (χ0) is 16.7. The molecule has 1 fully saturated rings. The molecule has 0 aromatic heterocycles. The Balaban J connectivity index is 2.80. The molecular formula is C17H23BrO4. The molecule has 0 radical (unpaired) electrons. The van der Waals surface area contributed by atoms with Crippen molar-refractivity contribution in [2.75, 3.05) is 14.2 Å². The number of carboxylic acids is 1. The maximum atomic E-state index is 11.6. The first-order valence-corrected chi connectivity index (χ1v) is 8.17. The lowest BCUT2D eigenvalue weighted by Gasteiger charge is -2.40. The van der Waals surface area contributed by atoms with Crippen LogP contribution in [-0.2, 0) is 5.41 Å². The van der Waals surface area contributed by atoms with Crippen LogP contribution in [0.3, 0.4) is 0 Å². The van der Waals surface area contributed by atoms with E-state index in [2.05, 4.69) is 36.7 Å². The van der Waals surface area contributed by atoms with E-state index in [-0.39, 0.29) is 16.4 Å². The third-order valence-electron chi connectivity index (χ3n) is 5.38. The molecule has 0 saturated heterocycles. The van der Waals surface area contributed by atoms with Gasteiger partial charge in [0, 0.05) is 11.0 Å². The van der Waals surface area contributed by atoms with Crippen LogP contribution in [0.1, 0.15) is 56.0 Å². The van der Waals surface area contributed by atoms with Crippen molar-refractivity contribution in [3.05, 3.63) is 21.7 Å². The van der Waals surface area contributed by atoms with Crippen molar-refractivity contribution in [3.8, 4) is 11.5 Å². The van der Waals surface area contributed by atoms with E-state index in [0.29, 0.717) is 16.0 Å². The Morgan fingerprint density at radius 1 is 1.18 bits per heavy atom. The fourth-order valence-electron chi connectivity index (χ4n) is 3.57. The van der Waals surface area contributed by atoms with E-state index in [0.717, 1.165) is 24.8 Å². The van der Waals surface area contributed by atoms with Crippen LogP contribution in [0.4, 0.5) is 0 Å². The van der Waals surface area contributed by atoms with Gasteiger partial charge < -0.3 is 14.6 Å². The van der Waals surface area contributed by atoms with Crippen LogP contribution in [0.2, 0.25) is 0 Å². The van der Waals surface area contributed by atoms with Crippen molar-refractivity contribution in [3.63, 3.8) is 0 Å². The molecule has 2 rings (SSSR count).